The maximum atomic E-state index is 14.0. The van der Waals surface area contributed by atoms with Crippen LogP contribution in [0.3, 0.4) is 0 Å². The number of piperazine rings is 1. The van der Waals surface area contributed by atoms with E-state index < -0.39 is 5.60 Å². The minimum absolute atomic E-state index is 0.00818. The Bertz CT molecular complexity index is 1250. The Labute approximate surface area is 257 Å². The van der Waals surface area contributed by atoms with Crippen molar-refractivity contribution in [3.8, 4) is 5.75 Å². The lowest BCUT2D eigenvalue weighted by molar-refractivity contribution is -0.146. The first-order valence-electron chi connectivity index (χ1n) is 16.8. The lowest BCUT2D eigenvalue weighted by Gasteiger charge is -2.37. The summed E-state index contributed by atoms with van der Waals surface area (Å²) in [5, 5.41) is 3.30. The molecule has 232 valence electrons. The predicted octanol–water partition coefficient (Wildman–Crippen LogP) is 5.73. The van der Waals surface area contributed by atoms with Crippen molar-refractivity contribution in [1.29, 1.82) is 0 Å². The van der Waals surface area contributed by atoms with Crippen molar-refractivity contribution < 1.29 is 14.3 Å². The first-order valence-corrected chi connectivity index (χ1v) is 16.8. The van der Waals surface area contributed by atoms with Crippen LogP contribution in [0.25, 0.3) is 0 Å². The number of hydrogen-bond donors (Lipinski definition) is 1. The van der Waals surface area contributed by atoms with Gasteiger partial charge in [0.05, 0.1) is 5.92 Å². The molecule has 2 aliphatic heterocycles. The van der Waals surface area contributed by atoms with E-state index in [1.807, 2.05) is 36.9 Å². The third-order valence-electron chi connectivity index (χ3n) is 9.93. The molecule has 0 radical (unpaired) electrons. The van der Waals surface area contributed by atoms with Crippen molar-refractivity contribution in [3.05, 3.63) is 59.7 Å². The van der Waals surface area contributed by atoms with Crippen molar-refractivity contribution in [2.45, 2.75) is 95.7 Å². The highest BCUT2D eigenvalue weighted by Gasteiger charge is 2.38. The molecule has 7 nitrogen and oxygen atoms in total. The summed E-state index contributed by atoms with van der Waals surface area (Å²) in [6, 6.07) is 17.6. The Morgan fingerprint density at radius 1 is 0.907 bits per heavy atom. The van der Waals surface area contributed by atoms with Crippen LogP contribution in [0, 0.1) is 5.92 Å². The van der Waals surface area contributed by atoms with E-state index in [4.69, 9.17) is 4.74 Å². The SMILES string of the molecule is CC(C)(Oc1cccc(N2CCCC(C(=O)N(Cc3ccc(C4CCCCC4)cc3)C3CC3)C2)c1)C(=O)N1CCNCC1. The topological polar surface area (TPSA) is 65.1 Å². The van der Waals surface area contributed by atoms with E-state index in [1.54, 1.807) is 0 Å². The van der Waals surface area contributed by atoms with E-state index in [0.29, 0.717) is 43.3 Å². The highest BCUT2D eigenvalue weighted by molar-refractivity contribution is 5.85. The molecule has 2 aromatic carbocycles. The first-order chi connectivity index (χ1) is 20.9. The maximum Gasteiger partial charge on any atom is 0.266 e. The fourth-order valence-electron chi connectivity index (χ4n) is 7.28. The molecular formula is C36H50N4O3. The number of rotatable bonds is 9. The van der Waals surface area contributed by atoms with Gasteiger partial charge in [-0.05, 0) is 81.5 Å². The highest BCUT2D eigenvalue weighted by Crippen LogP contribution is 2.35. The van der Waals surface area contributed by atoms with Gasteiger partial charge in [-0.15, -0.1) is 0 Å². The van der Waals surface area contributed by atoms with Gasteiger partial charge in [-0.2, -0.15) is 0 Å². The van der Waals surface area contributed by atoms with Crippen LogP contribution in [0.4, 0.5) is 5.69 Å². The fourth-order valence-corrected chi connectivity index (χ4v) is 7.28. The van der Waals surface area contributed by atoms with Crippen LogP contribution in [0.15, 0.2) is 48.5 Å². The molecule has 0 aromatic heterocycles. The van der Waals surface area contributed by atoms with Gasteiger partial charge in [-0.1, -0.05) is 49.6 Å². The Morgan fingerprint density at radius 3 is 2.37 bits per heavy atom. The quantitative estimate of drug-likeness (QED) is 0.407. The van der Waals surface area contributed by atoms with E-state index in [-0.39, 0.29) is 11.8 Å². The van der Waals surface area contributed by atoms with Crippen molar-refractivity contribution in [2.24, 2.45) is 5.92 Å². The molecule has 2 aromatic rings. The van der Waals surface area contributed by atoms with Gasteiger partial charge in [0, 0.05) is 63.6 Å². The molecule has 6 rings (SSSR count). The number of ether oxygens (including phenoxy) is 1. The molecule has 2 saturated heterocycles. The molecule has 2 saturated carbocycles. The number of anilines is 1. The van der Waals surface area contributed by atoms with Gasteiger partial charge < -0.3 is 24.8 Å². The Balaban J connectivity index is 1.09. The molecule has 4 aliphatic rings. The van der Waals surface area contributed by atoms with Crippen LogP contribution in [0.1, 0.15) is 88.7 Å². The fraction of sp³-hybridized carbons (Fsp3) is 0.611. The Hall–Kier alpha value is -3.06. The summed E-state index contributed by atoms with van der Waals surface area (Å²) in [6.45, 7) is 9.11. The second-order valence-corrected chi connectivity index (χ2v) is 13.7. The number of hydrogen-bond acceptors (Lipinski definition) is 5. The number of nitrogens with one attached hydrogen (secondary N) is 1. The summed E-state index contributed by atoms with van der Waals surface area (Å²) in [4.78, 5) is 33.6. The van der Waals surface area contributed by atoms with Crippen LogP contribution >= 0.6 is 0 Å². The summed E-state index contributed by atoms with van der Waals surface area (Å²) in [6.07, 6.45) is 10.8. The van der Waals surface area contributed by atoms with E-state index in [1.165, 1.54) is 43.2 Å². The van der Waals surface area contributed by atoms with Crippen LogP contribution in [0.5, 0.6) is 5.75 Å². The van der Waals surface area contributed by atoms with Crippen LogP contribution in [-0.4, -0.2) is 72.5 Å². The number of carbonyl (C=O) groups excluding carboxylic acids is 2. The Kier molecular flexibility index (Phi) is 9.27. The van der Waals surface area contributed by atoms with Gasteiger partial charge in [-0.25, -0.2) is 0 Å². The molecule has 2 heterocycles. The minimum Gasteiger partial charge on any atom is -0.478 e. The zero-order valence-corrected chi connectivity index (χ0v) is 26.2. The van der Waals surface area contributed by atoms with Crippen LogP contribution in [0.2, 0.25) is 0 Å². The molecule has 1 N–H and O–H groups in total. The predicted molar refractivity (Wildman–Crippen MR) is 171 cm³/mol. The van der Waals surface area contributed by atoms with Gasteiger partial charge in [0.15, 0.2) is 5.60 Å². The van der Waals surface area contributed by atoms with Gasteiger partial charge in [0.2, 0.25) is 5.91 Å². The molecule has 7 heteroatoms. The summed E-state index contributed by atoms with van der Waals surface area (Å²) in [5.41, 5.74) is 2.82. The molecular weight excluding hydrogens is 536 g/mol. The molecule has 2 amide bonds. The van der Waals surface area contributed by atoms with Crippen molar-refractivity contribution in [2.75, 3.05) is 44.2 Å². The van der Waals surface area contributed by atoms with Crippen molar-refractivity contribution in [3.63, 3.8) is 0 Å². The molecule has 4 fully saturated rings. The lowest BCUT2D eigenvalue weighted by atomic mass is 9.84. The van der Waals surface area contributed by atoms with E-state index >= 15 is 0 Å². The average Bonchev–Trinajstić information content (AvgIpc) is 3.90. The molecule has 0 bridgehead atoms. The first kappa shape index (κ1) is 30.0. The number of carbonyl (C=O) groups is 2. The van der Waals surface area contributed by atoms with Crippen molar-refractivity contribution in [1.82, 2.24) is 15.1 Å². The zero-order chi connectivity index (χ0) is 29.8. The second kappa shape index (κ2) is 13.3. The largest absolute Gasteiger partial charge is 0.478 e. The molecule has 43 heavy (non-hydrogen) atoms. The third kappa shape index (κ3) is 7.36. The van der Waals surface area contributed by atoms with E-state index in [2.05, 4.69) is 45.4 Å². The lowest BCUT2D eigenvalue weighted by Crippen LogP contribution is -2.54. The standard InChI is InChI=1S/C36H50N4O3/c1-36(2,35(42)38-22-19-37-20-23-38)43-33-12-6-11-32(24-33)39-21-7-10-30(26-39)34(41)40(31-17-18-31)25-27-13-15-29(16-14-27)28-8-4-3-5-9-28/h6,11-16,24,28,30-31,37H,3-5,7-10,17-23,25-26H2,1-2H3. The van der Waals surface area contributed by atoms with Gasteiger partial charge >= 0.3 is 0 Å². The summed E-state index contributed by atoms with van der Waals surface area (Å²) < 4.78 is 6.30. The number of nitrogens with zero attached hydrogens (tertiary/aromatic N) is 3. The molecule has 0 spiro atoms. The maximum absolute atomic E-state index is 14.0. The van der Waals surface area contributed by atoms with Crippen molar-refractivity contribution >= 4 is 17.5 Å². The summed E-state index contributed by atoms with van der Waals surface area (Å²) in [7, 11) is 0. The van der Waals surface area contributed by atoms with Gasteiger partial charge in [0.1, 0.15) is 5.75 Å². The second-order valence-electron chi connectivity index (χ2n) is 13.7. The number of amides is 2. The molecule has 1 atom stereocenters. The average molecular weight is 587 g/mol. The van der Waals surface area contributed by atoms with Crippen LogP contribution < -0.4 is 15.0 Å². The van der Waals surface area contributed by atoms with E-state index in [0.717, 1.165) is 57.5 Å². The van der Waals surface area contributed by atoms with E-state index in [9.17, 15) is 9.59 Å². The van der Waals surface area contributed by atoms with Gasteiger partial charge in [0.25, 0.3) is 5.91 Å². The smallest absolute Gasteiger partial charge is 0.266 e. The summed E-state index contributed by atoms with van der Waals surface area (Å²) >= 11 is 0. The number of benzene rings is 2. The monoisotopic (exact) mass is 586 g/mol. The summed E-state index contributed by atoms with van der Waals surface area (Å²) in [5.74, 6) is 1.72. The number of piperidine rings is 1. The van der Waals surface area contributed by atoms with Crippen LogP contribution in [-0.2, 0) is 16.1 Å². The molecule has 1 unspecified atom stereocenters. The normalized spacial score (nSPS) is 21.9. The zero-order valence-electron chi connectivity index (χ0n) is 26.2. The van der Waals surface area contributed by atoms with Gasteiger partial charge in [-0.3, -0.25) is 9.59 Å². The third-order valence-corrected chi connectivity index (χ3v) is 9.93. The minimum atomic E-state index is -0.949. The Morgan fingerprint density at radius 2 is 1.65 bits per heavy atom. The molecule has 2 aliphatic carbocycles. The highest BCUT2D eigenvalue weighted by atomic mass is 16.5.